The van der Waals surface area contributed by atoms with Crippen molar-refractivity contribution in [3.63, 3.8) is 0 Å². The number of fused-ring (bicyclic) bond motifs is 1. The first kappa shape index (κ1) is 10.8. The summed E-state index contributed by atoms with van der Waals surface area (Å²) in [6, 6.07) is 7.79. The van der Waals surface area contributed by atoms with Crippen LogP contribution in [0.15, 0.2) is 24.3 Å². The van der Waals surface area contributed by atoms with Gasteiger partial charge in [0.15, 0.2) is 11.5 Å². The molecule has 3 heteroatoms. The van der Waals surface area contributed by atoms with Gasteiger partial charge in [0.2, 0.25) is 0 Å². The zero-order valence-corrected chi connectivity index (χ0v) is 9.27. The van der Waals surface area contributed by atoms with E-state index in [4.69, 9.17) is 15.9 Å². The van der Waals surface area contributed by atoms with Crippen molar-refractivity contribution in [3.05, 3.63) is 24.3 Å². The van der Waals surface area contributed by atoms with Crippen molar-refractivity contribution in [1.82, 2.24) is 5.32 Å². The summed E-state index contributed by atoms with van der Waals surface area (Å²) in [5.74, 6) is 4.23. The highest BCUT2D eigenvalue weighted by Crippen LogP contribution is 2.31. The number of likely N-dealkylation sites (N-methyl/N-ethyl adjacent to an activating group) is 1. The summed E-state index contributed by atoms with van der Waals surface area (Å²) >= 11 is 0. The molecule has 0 aromatic heterocycles. The van der Waals surface area contributed by atoms with Gasteiger partial charge in [0.25, 0.3) is 0 Å². The number of para-hydroxylation sites is 2. The molecular weight excluding hydrogens is 202 g/mol. The van der Waals surface area contributed by atoms with Crippen LogP contribution >= 0.6 is 0 Å². The van der Waals surface area contributed by atoms with Crippen LogP contribution in [-0.2, 0) is 0 Å². The number of ether oxygens (including phenoxy) is 2. The second-order valence-electron chi connectivity index (χ2n) is 3.72. The zero-order valence-electron chi connectivity index (χ0n) is 9.27. The highest BCUT2D eigenvalue weighted by molar-refractivity contribution is 5.40. The first-order valence-electron chi connectivity index (χ1n) is 5.34. The van der Waals surface area contributed by atoms with Crippen LogP contribution in [0.4, 0.5) is 0 Å². The molecule has 1 aromatic carbocycles. The molecule has 2 unspecified atom stereocenters. The summed E-state index contributed by atoms with van der Waals surface area (Å²) in [4.78, 5) is 0. The van der Waals surface area contributed by atoms with Crippen molar-refractivity contribution in [2.75, 3.05) is 13.7 Å². The summed E-state index contributed by atoms with van der Waals surface area (Å²) in [6.07, 6.45) is 5.92. The zero-order chi connectivity index (χ0) is 11.4. The number of nitrogens with one attached hydrogen (secondary N) is 1. The van der Waals surface area contributed by atoms with Crippen molar-refractivity contribution in [2.24, 2.45) is 0 Å². The Balaban J connectivity index is 2.10. The van der Waals surface area contributed by atoms with Gasteiger partial charge in [-0.3, -0.25) is 0 Å². The lowest BCUT2D eigenvalue weighted by Gasteiger charge is -2.31. The third kappa shape index (κ3) is 2.12. The van der Waals surface area contributed by atoms with E-state index in [-0.39, 0.29) is 12.1 Å². The minimum absolute atomic E-state index is 0.0315. The molecule has 2 atom stereocenters. The van der Waals surface area contributed by atoms with Gasteiger partial charge < -0.3 is 14.8 Å². The number of hydrogen-bond donors (Lipinski definition) is 1. The van der Waals surface area contributed by atoms with Crippen molar-refractivity contribution < 1.29 is 9.47 Å². The monoisotopic (exact) mass is 217 g/mol. The van der Waals surface area contributed by atoms with E-state index in [1.54, 1.807) is 0 Å². The third-order valence-electron chi connectivity index (χ3n) is 2.69. The summed E-state index contributed by atoms with van der Waals surface area (Å²) < 4.78 is 11.5. The van der Waals surface area contributed by atoms with Crippen molar-refractivity contribution in [3.8, 4) is 23.8 Å². The maximum absolute atomic E-state index is 5.85. The third-order valence-corrected chi connectivity index (χ3v) is 2.69. The van der Waals surface area contributed by atoms with Crippen LogP contribution in [-0.4, -0.2) is 25.8 Å². The highest BCUT2D eigenvalue weighted by atomic mass is 16.6. The molecule has 1 N–H and O–H groups in total. The summed E-state index contributed by atoms with van der Waals surface area (Å²) in [6.45, 7) is 0.532. The molecule has 3 nitrogen and oxygen atoms in total. The SMILES string of the molecule is C#CCC(NC)C1COc2ccccc2O1. The van der Waals surface area contributed by atoms with Crippen LogP contribution in [0.5, 0.6) is 11.5 Å². The van der Waals surface area contributed by atoms with Crippen molar-refractivity contribution in [1.29, 1.82) is 0 Å². The highest BCUT2D eigenvalue weighted by Gasteiger charge is 2.27. The van der Waals surface area contributed by atoms with E-state index in [2.05, 4.69) is 11.2 Å². The lowest BCUT2D eigenvalue weighted by atomic mass is 10.1. The van der Waals surface area contributed by atoms with Gasteiger partial charge >= 0.3 is 0 Å². The molecule has 1 heterocycles. The van der Waals surface area contributed by atoms with Gasteiger partial charge in [-0.1, -0.05) is 12.1 Å². The fraction of sp³-hybridized carbons (Fsp3) is 0.385. The first-order valence-corrected chi connectivity index (χ1v) is 5.34. The predicted octanol–water partition coefficient (Wildman–Crippen LogP) is 1.44. The maximum Gasteiger partial charge on any atom is 0.161 e. The molecule has 1 aliphatic heterocycles. The second-order valence-corrected chi connectivity index (χ2v) is 3.72. The first-order chi connectivity index (χ1) is 7.85. The van der Waals surface area contributed by atoms with Gasteiger partial charge in [-0.15, -0.1) is 12.3 Å². The van der Waals surface area contributed by atoms with E-state index in [9.17, 15) is 0 Å². The van der Waals surface area contributed by atoms with Crippen molar-refractivity contribution in [2.45, 2.75) is 18.6 Å². The molecular formula is C13H15NO2. The Labute approximate surface area is 95.8 Å². The molecule has 0 aliphatic carbocycles. The van der Waals surface area contributed by atoms with Gasteiger partial charge in [0, 0.05) is 6.42 Å². The molecule has 0 radical (unpaired) electrons. The van der Waals surface area contributed by atoms with Gasteiger partial charge in [-0.2, -0.15) is 0 Å². The molecule has 0 saturated carbocycles. The average Bonchev–Trinajstić information content (AvgIpc) is 2.35. The quantitative estimate of drug-likeness (QED) is 0.777. The maximum atomic E-state index is 5.85. The number of rotatable bonds is 3. The minimum Gasteiger partial charge on any atom is -0.486 e. The number of benzene rings is 1. The Kier molecular flexibility index (Phi) is 3.33. The average molecular weight is 217 g/mol. The van der Waals surface area contributed by atoms with Gasteiger partial charge in [0.05, 0.1) is 6.04 Å². The summed E-state index contributed by atoms with van der Waals surface area (Å²) in [5, 5.41) is 3.16. The lowest BCUT2D eigenvalue weighted by Crippen LogP contribution is -2.46. The molecule has 2 rings (SSSR count). The van der Waals surface area contributed by atoms with Crippen LogP contribution < -0.4 is 14.8 Å². The van der Waals surface area contributed by atoms with Crippen LogP contribution in [0.2, 0.25) is 0 Å². The molecule has 0 spiro atoms. The Bertz CT molecular complexity index is 397. The standard InChI is InChI=1S/C13H15NO2/c1-3-6-10(14-2)13-9-15-11-7-4-5-8-12(11)16-13/h1,4-5,7-8,10,13-14H,6,9H2,2H3. The predicted molar refractivity (Wildman–Crippen MR) is 62.7 cm³/mol. The largest absolute Gasteiger partial charge is 0.486 e. The van der Waals surface area contributed by atoms with E-state index in [1.165, 1.54) is 0 Å². The molecule has 1 aliphatic rings. The fourth-order valence-electron chi connectivity index (χ4n) is 1.78. The van der Waals surface area contributed by atoms with E-state index in [1.807, 2.05) is 31.3 Å². The van der Waals surface area contributed by atoms with Crippen LogP contribution in [0.1, 0.15) is 6.42 Å². The smallest absolute Gasteiger partial charge is 0.161 e. The van der Waals surface area contributed by atoms with Crippen LogP contribution in [0, 0.1) is 12.3 Å². The molecule has 0 amide bonds. The molecule has 0 bridgehead atoms. The Hall–Kier alpha value is -1.66. The molecule has 1 aromatic rings. The molecule has 16 heavy (non-hydrogen) atoms. The van der Waals surface area contributed by atoms with Crippen LogP contribution in [0.3, 0.4) is 0 Å². The van der Waals surface area contributed by atoms with E-state index in [0.717, 1.165) is 11.5 Å². The Morgan fingerprint density at radius 1 is 1.50 bits per heavy atom. The number of hydrogen-bond acceptors (Lipinski definition) is 3. The molecule has 84 valence electrons. The van der Waals surface area contributed by atoms with Gasteiger partial charge in [-0.25, -0.2) is 0 Å². The van der Waals surface area contributed by atoms with E-state index in [0.29, 0.717) is 13.0 Å². The van der Waals surface area contributed by atoms with E-state index < -0.39 is 0 Å². The van der Waals surface area contributed by atoms with E-state index >= 15 is 0 Å². The molecule has 0 fully saturated rings. The van der Waals surface area contributed by atoms with Crippen LogP contribution in [0.25, 0.3) is 0 Å². The Morgan fingerprint density at radius 3 is 2.94 bits per heavy atom. The Morgan fingerprint density at radius 2 is 2.25 bits per heavy atom. The summed E-state index contributed by atoms with van der Waals surface area (Å²) in [5.41, 5.74) is 0. The summed E-state index contributed by atoms with van der Waals surface area (Å²) in [7, 11) is 1.88. The lowest BCUT2D eigenvalue weighted by molar-refractivity contribution is 0.0653. The van der Waals surface area contributed by atoms with Crippen molar-refractivity contribution >= 4 is 0 Å². The molecule has 0 saturated heterocycles. The fourth-order valence-corrected chi connectivity index (χ4v) is 1.78. The minimum atomic E-state index is -0.0315. The van der Waals surface area contributed by atoms with Gasteiger partial charge in [-0.05, 0) is 19.2 Å². The van der Waals surface area contributed by atoms with Gasteiger partial charge in [0.1, 0.15) is 12.7 Å². The topological polar surface area (TPSA) is 30.5 Å². The number of terminal acetylenes is 1. The normalized spacial score (nSPS) is 19.9. The second kappa shape index (κ2) is 4.91.